The van der Waals surface area contributed by atoms with E-state index in [0.717, 1.165) is 46.9 Å². The molecule has 1 N–H and O–H groups in total. The smallest absolute Gasteiger partial charge is 0.226 e. The lowest BCUT2D eigenvalue weighted by atomic mass is 9.92. The molecule has 2 aliphatic rings. The maximum atomic E-state index is 6.34. The molecule has 7 nitrogen and oxygen atoms in total. The molecule has 0 aliphatic carbocycles. The van der Waals surface area contributed by atoms with Crippen LogP contribution in [0.4, 0.5) is 5.95 Å². The number of nitrogens with zero attached hydrogens (tertiary/aromatic N) is 3. The fourth-order valence-electron chi connectivity index (χ4n) is 5.22. The number of halogens is 1. The van der Waals surface area contributed by atoms with Crippen molar-refractivity contribution >= 4 is 28.5 Å². The third-order valence-electron chi connectivity index (χ3n) is 6.87. The number of rotatable bonds is 6. The Morgan fingerprint density at radius 3 is 2.69 bits per heavy atom. The molecular formula is C28H29ClN4O3. The number of anilines is 1. The fourth-order valence-corrected chi connectivity index (χ4v) is 5.39. The Labute approximate surface area is 215 Å². The van der Waals surface area contributed by atoms with E-state index >= 15 is 0 Å². The van der Waals surface area contributed by atoms with Crippen molar-refractivity contribution in [2.75, 3.05) is 24.7 Å². The molecule has 0 bridgehead atoms. The molecule has 1 saturated heterocycles. The molecule has 4 aromatic rings. The monoisotopic (exact) mass is 504 g/mol. The molecule has 186 valence electrons. The zero-order valence-corrected chi connectivity index (χ0v) is 21.2. The highest BCUT2D eigenvalue weighted by atomic mass is 35.5. The summed E-state index contributed by atoms with van der Waals surface area (Å²) in [6.45, 7) is 5.86. The average molecular weight is 505 g/mol. The predicted molar refractivity (Wildman–Crippen MR) is 140 cm³/mol. The summed E-state index contributed by atoms with van der Waals surface area (Å²) in [6.07, 6.45) is 5.31. The van der Waals surface area contributed by atoms with Gasteiger partial charge in [-0.25, -0.2) is 9.97 Å². The van der Waals surface area contributed by atoms with Gasteiger partial charge in [0, 0.05) is 47.0 Å². The van der Waals surface area contributed by atoms with E-state index in [0.29, 0.717) is 19.2 Å². The Bertz CT molecular complexity index is 1360. The SMILES string of the molecule is CC1(C)OC[C@H](CCOc2ccc([C@H]3c4[nH]c5ccc(Cl)cc5c4CCN3c3ncccn3)cc2)O1. The molecule has 2 atom stereocenters. The van der Waals surface area contributed by atoms with Crippen LogP contribution in [0.5, 0.6) is 5.75 Å². The molecule has 1 fully saturated rings. The number of fused-ring (bicyclic) bond motifs is 3. The Hall–Kier alpha value is -3.13. The minimum absolute atomic E-state index is 0.0531. The van der Waals surface area contributed by atoms with Crippen LogP contribution in [0, 0.1) is 0 Å². The summed E-state index contributed by atoms with van der Waals surface area (Å²) in [4.78, 5) is 15.0. The first-order valence-electron chi connectivity index (χ1n) is 12.3. The van der Waals surface area contributed by atoms with Gasteiger partial charge in [0.1, 0.15) is 5.75 Å². The highest BCUT2D eigenvalue weighted by molar-refractivity contribution is 6.31. The van der Waals surface area contributed by atoms with E-state index in [-0.39, 0.29) is 12.1 Å². The zero-order valence-electron chi connectivity index (χ0n) is 20.4. The van der Waals surface area contributed by atoms with E-state index in [2.05, 4.69) is 38.1 Å². The molecule has 0 radical (unpaired) electrons. The van der Waals surface area contributed by atoms with E-state index < -0.39 is 5.79 Å². The van der Waals surface area contributed by atoms with Crippen molar-refractivity contribution in [2.45, 2.75) is 44.6 Å². The molecule has 0 saturated carbocycles. The molecule has 0 spiro atoms. The van der Waals surface area contributed by atoms with Crippen molar-refractivity contribution in [1.29, 1.82) is 0 Å². The molecule has 0 unspecified atom stereocenters. The second-order valence-corrected chi connectivity index (χ2v) is 10.2. The van der Waals surface area contributed by atoms with Crippen molar-refractivity contribution in [2.24, 2.45) is 0 Å². The number of ether oxygens (including phenoxy) is 3. The number of nitrogens with one attached hydrogen (secondary N) is 1. The number of H-pyrrole nitrogens is 1. The van der Waals surface area contributed by atoms with Gasteiger partial charge in [-0.2, -0.15) is 0 Å². The van der Waals surface area contributed by atoms with Gasteiger partial charge >= 0.3 is 0 Å². The second kappa shape index (κ2) is 9.39. The van der Waals surface area contributed by atoms with Gasteiger partial charge in [0.25, 0.3) is 0 Å². The maximum absolute atomic E-state index is 6.34. The van der Waals surface area contributed by atoms with Crippen molar-refractivity contribution in [3.05, 3.63) is 82.8 Å². The highest BCUT2D eigenvalue weighted by Crippen LogP contribution is 2.40. The average Bonchev–Trinajstić information content (AvgIpc) is 3.43. The largest absolute Gasteiger partial charge is 0.493 e. The third-order valence-corrected chi connectivity index (χ3v) is 7.10. The summed E-state index contributed by atoms with van der Waals surface area (Å²) in [5.74, 6) is 1.04. The van der Waals surface area contributed by atoms with E-state index in [9.17, 15) is 0 Å². The molecule has 2 aromatic heterocycles. The van der Waals surface area contributed by atoms with E-state index in [1.807, 2.05) is 44.2 Å². The van der Waals surface area contributed by atoms with Gasteiger partial charge in [0.15, 0.2) is 5.79 Å². The van der Waals surface area contributed by atoms with Crippen LogP contribution >= 0.6 is 11.6 Å². The molecular weight excluding hydrogens is 476 g/mol. The van der Waals surface area contributed by atoms with Gasteiger partial charge in [-0.1, -0.05) is 23.7 Å². The van der Waals surface area contributed by atoms with Crippen LogP contribution in [0.1, 0.15) is 43.1 Å². The number of hydrogen-bond donors (Lipinski definition) is 1. The molecule has 2 aliphatic heterocycles. The first kappa shape index (κ1) is 23.3. The van der Waals surface area contributed by atoms with Crippen LogP contribution in [-0.4, -0.2) is 46.6 Å². The van der Waals surface area contributed by atoms with Crippen molar-refractivity contribution in [3.63, 3.8) is 0 Å². The lowest BCUT2D eigenvalue weighted by Gasteiger charge is -2.36. The molecule has 8 heteroatoms. The molecule has 6 rings (SSSR count). The lowest BCUT2D eigenvalue weighted by molar-refractivity contribution is -0.139. The summed E-state index contributed by atoms with van der Waals surface area (Å²) < 4.78 is 17.5. The topological polar surface area (TPSA) is 72.5 Å². The third kappa shape index (κ3) is 4.54. The van der Waals surface area contributed by atoms with Crippen LogP contribution in [-0.2, 0) is 15.9 Å². The second-order valence-electron chi connectivity index (χ2n) is 9.76. The van der Waals surface area contributed by atoms with E-state index in [1.54, 1.807) is 12.4 Å². The molecule has 2 aromatic carbocycles. The standard InChI is InChI=1S/C28H29ClN4O3/c1-28(2)35-17-21(36-28)11-15-34-20-7-4-18(5-8-20)26-25-22(23-16-19(29)6-9-24(23)32-25)10-14-33(26)27-30-12-3-13-31-27/h3-9,12-13,16,21,26,32H,10-11,14-15,17H2,1-2H3/t21-,26-/m0/s1. The van der Waals surface area contributed by atoms with Crippen LogP contribution in [0.25, 0.3) is 10.9 Å². The summed E-state index contributed by atoms with van der Waals surface area (Å²) in [7, 11) is 0. The van der Waals surface area contributed by atoms with Gasteiger partial charge in [-0.15, -0.1) is 0 Å². The molecule has 0 amide bonds. The van der Waals surface area contributed by atoms with Gasteiger partial charge in [-0.3, -0.25) is 0 Å². The van der Waals surface area contributed by atoms with Crippen LogP contribution in [0.2, 0.25) is 5.02 Å². The Balaban J connectivity index is 1.27. The van der Waals surface area contributed by atoms with Crippen LogP contribution in [0.15, 0.2) is 60.9 Å². The Kier molecular flexibility index (Phi) is 6.07. The van der Waals surface area contributed by atoms with E-state index in [4.69, 9.17) is 25.8 Å². The minimum Gasteiger partial charge on any atom is -0.493 e. The summed E-state index contributed by atoms with van der Waals surface area (Å²) in [6, 6.07) is 16.1. The van der Waals surface area contributed by atoms with Crippen molar-refractivity contribution < 1.29 is 14.2 Å². The predicted octanol–water partition coefficient (Wildman–Crippen LogP) is 5.68. The highest BCUT2D eigenvalue weighted by Gasteiger charge is 2.34. The van der Waals surface area contributed by atoms with E-state index in [1.165, 1.54) is 10.9 Å². The van der Waals surface area contributed by atoms with Crippen LogP contribution in [0.3, 0.4) is 0 Å². The van der Waals surface area contributed by atoms with Gasteiger partial charge in [0.2, 0.25) is 5.95 Å². The normalized spacial score (nSPS) is 21.0. The van der Waals surface area contributed by atoms with Crippen molar-refractivity contribution in [3.8, 4) is 5.75 Å². The maximum Gasteiger partial charge on any atom is 0.226 e. The summed E-state index contributed by atoms with van der Waals surface area (Å²) >= 11 is 6.34. The summed E-state index contributed by atoms with van der Waals surface area (Å²) in [5.41, 5.74) is 4.68. The van der Waals surface area contributed by atoms with Gasteiger partial charge < -0.3 is 24.1 Å². The van der Waals surface area contributed by atoms with Gasteiger partial charge in [0.05, 0.1) is 25.4 Å². The first-order valence-corrected chi connectivity index (χ1v) is 12.7. The minimum atomic E-state index is -0.506. The Morgan fingerprint density at radius 1 is 1.14 bits per heavy atom. The summed E-state index contributed by atoms with van der Waals surface area (Å²) in [5, 5.41) is 1.92. The van der Waals surface area contributed by atoms with Gasteiger partial charge in [-0.05, 0) is 67.8 Å². The quantitative estimate of drug-likeness (QED) is 0.364. The van der Waals surface area contributed by atoms with Crippen molar-refractivity contribution in [1.82, 2.24) is 15.0 Å². The number of benzene rings is 2. The molecule has 36 heavy (non-hydrogen) atoms. The first-order chi connectivity index (χ1) is 17.5. The van der Waals surface area contributed by atoms with Crippen LogP contribution < -0.4 is 9.64 Å². The Morgan fingerprint density at radius 2 is 1.94 bits per heavy atom. The number of hydrogen-bond acceptors (Lipinski definition) is 6. The lowest BCUT2D eigenvalue weighted by Crippen LogP contribution is -2.37. The zero-order chi connectivity index (χ0) is 24.7. The number of aromatic amines is 1. The number of aromatic nitrogens is 3. The molecule has 4 heterocycles. The fraction of sp³-hybridized carbons (Fsp3) is 0.357.